The van der Waals surface area contributed by atoms with Crippen LogP contribution in [0.2, 0.25) is 0 Å². The number of amides is 1. The molecule has 2 unspecified atom stereocenters. The number of aliphatic hydroxyl groups is 1. The van der Waals surface area contributed by atoms with Crippen LogP contribution in [0.4, 0.5) is 0 Å². The fourth-order valence-corrected chi connectivity index (χ4v) is 3.17. The van der Waals surface area contributed by atoms with E-state index in [0.717, 1.165) is 32.1 Å². The highest BCUT2D eigenvalue weighted by Crippen LogP contribution is 2.20. The Balaban J connectivity index is 2.06. The van der Waals surface area contributed by atoms with Crippen molar-refractivity contribution < 1.29 is 9.90 Å². The van der Waals surface area contributed by atoms with Gasteiger partial charge < -0.3 is 16.2 Å². The molecule has 0 spiro atoms. The predicted octanol–water partition coefficient (Wildman–Crippen LogP) is 1.48. The monoisotopic (exact) mass is 292 g/mol. The maximum absolute atomic E-state index is 12.3. The van der Waals surface area contributed by atoms with Crippen LogP contribution in [0.1, 0.15) is 47.3 Å². The summed E-state index contributed by atoms with van der Waals surface area (Å²) in [5.74, 6) is 5.52. The van der Waals surface area contributed by atoms with Gasteiger partial charge in [-0.1, -0.05) is 31.1 Å². The summed E-state index contributed by atoms with van der Waals surface area (Å²) in [5.41, 5.74) is 6.06. The van der Waals surface area contributed by atoms with Crippen molar-refractivity contribution >= 4 is 17.2 Å². The van der Waals surface area contributed by atoms with Gasteiger partial charge in [0.1, 0.15) is 4.88 Å². The quantitative estimate of drug-likeness (QED) is 0.571. The molecule has 1 aromatic heterocycles. The number of hydrogen-bond acceptors (Lipinski definition) is 4. The van der Waals surface area contributed by atoms with Crippen molar-refractivity contribution in [2.75, 3.05) is 6.54 Å². The van der Waals surface area contributed by atoms with Gasteiger partial charge in [-0.2, -0.15) is 0 Å². The third-order valence-electron chi connectivity index (χ3n) is 3.49. The van der Waals surface area contributed by atoms with Gasteiger partial charge in [-0.15, -0.1) is 11.3 Å². The fourth-order valence-electron chi connectivity index (χ4n) is 2.42. The van der Waals surface area contributed by atoms with E-state index in [1.54, 1.807) is 0 Å². The zero-order valence-electron chi connectivity index (χ0n) is 11.4. The number of nitrogens with two attached hydrogens (primary N) is 1. The predicted molar refractivity (Wildman–Crippen MR) is 80.6 cm³/mol. The molecular weight excluding hydrogens is 272 g/mol. The molecule has 0 bridgehead atoms. The van der Waals surface area contributed by atoms with Crippen LogP contribution in [0.15, 0.2) is 11.4 Å². The molecule has 0 aromatic carbocycles. The number of thiophene rings is 1. The van der Waals surface area contributed by atoms with E-state index in [-0.39, 0.29) is 18.5 Å². The maximum Gasteiger partial charge on any atom is 0.262 e. The fraction of sp³-hybridized carbons (Fsp3) is 0.533. The summed E-state index contributed by atoms with van der Waals surface area (Å²) in [6.07, 6.45) is 4.35. The molecule has 0 aliphatic heterocycles. The summed E-state index contributed by atoms with van der Waals surface area (Å²) in [4.78, 5) is 12.9. The van der Waals surface area contributed by atoms with Gasteiger partial charge in [0.2, 0.25) is 0 Å². The summed E-state index contributed by atoms with van der Waals surface area (Å²) < 4.78 is 0. The third kappa shape index (κ3) is 3.83. The standard InChI is InChI=1S/C15H20N2O2S/c16-9-4-5-11-8-10-20-14(11)15(19)17-12-6-2-1-3-7-13(12)18/h8,10,12-13,18H,1-3,6-7,9,16H2,(H,17,19). The van der Waals surface area contributed by atoms with Gasteiger partial charge in [0.25, 0.3) is 5.91 Å². The third-order valence-corrected chi connectivity index (χ3v) is 4.41. The summed E-state index contributed by atoms with van der Waals surface area (Å²) >= 11 is 1.37. The number of hydrogen-bond donors (Lipinski definition) is 3. The van der Waals surface area contributed by atoms with Crippen LogP contribution in [-0.4, -0.2) is 29.7 Å². The van der Waals surface area contributed by atoms with E-state index in [2.05, 4.69) is 17.2 Å². The minimum atomic E-state index is -0.444. The highest BCUT2D eigenvalue weighted by atomic mass is 32.1. The molecular formula is C15H20N2O2S. The Labute approximate surface area is 123 Å². The molecule has 1 aromatic rings. The summed E-state index contributed by atoms with van der Waals surface area (Å²) in [6.45, 7) is 0.276. The maximum atomic E-state index is 12.3. The first kappa shape index (κ1) is 15.0. The van der Waals surface area contributed by atoms with Crippen LogP contribution in [0, 0.1) is 11.8 Å². The van der Waals surface area contributed by atoms with E-state index in [4.69, 9.17) is 5.73 Å². The van der Waals surface area contributed by atoms with Gasteiger partial charge in [-0.25, -0.2) is 0 Å². The first-order chi connectivity index (χ1) is 9.72. The van der Waals surface area contributed by atoms with E-state index in [1.165, 1.54) is 11.3 Å². The van der Waals surface area contributed by atoms with Crippen molar-refractivity contribution in [3.63, 3.8) is 0 Å². The highest BCUT2D eigenvalue weighted by Gasteiger charge is 2.24. The molecule has 4 nitrogen and oxygen atoms in total. The zero-order valence-corrected chi connectivity index (χ0v) is 12.2. The Morgan fingerprint density at radius 2 is 2.25 bits per heavy atom. The molecule has 0 radical (unpaired) electrons. The van der Waals surface area contributed by atoms with E-state index in [9.17, 15) is 9.90 Å². The first-order valence-corrected chi connectivity index (χ1v) is 7.85. The zero-order chi connectivity index (χ0) is 14.4. The van der Waals surface area contributed by atoms with Crippen LogP contribution >= 0.6 is 11.3 Å². The van der Waals surface area contributed by atoms with Crippen molar-refractivity contribution in [3.05, 3.63) is 21.9 Å². The van der Waals surface area contributed by atoms with Crippen LogP contribution < -0.4 is 11.1 Å². The van der Waals surface area contributed by atoms with E-state index < -0.39 is 6.10 Å². The Kier molecular flexibility index (Phi) is 5.60. The molecule has 1 aliphatic carbocycles. The van der Waals surface area contributed by atoms with Crippen molar-refractivity contribution in [3.8, 4) is 11.8 Å². The van der Waals surface area contributed by atoms with Crippen LogP contribution in [0.25, 0.3) is 0 Å². The Morgan fingerprint density at radius 3 is 3.05 bits per heavy atom. The van der Waals surface area contributed by atoms with E-state index in [0.29, 0.717) is 10.4 Å². The van der Waals surface area contributed by atoms with Crippen LogP contribution in [-0.2, 0) is 0 Å². The molecule has 5 heteroatoms. The number of nitrogens with one attached hydrogen (secondary N) is 1. The molecule has 1 saturated carbocycles. The molecule has 1 fully saturated rings. The SMILES string of the molecule is NCC#Cc1ccsc1C(=O)NC1CCCCCC1O. The average molecular weight is 292 g/mol. The highest BCUT2D eigenvalue weighted by molar-refractivity contribution is 7.12. The molecule has 2 atom stereocenters. The van der Waals surface area contributed by atoms with Gasteiger partial charge in [0.05, 0.1) is 18.7 Å². The number of carbonyl (C=O) groups is 1. The lowest BCUT2D eigenvalue weighted by Crippen LogP contribution is -2.42. The lowest BCUT2D eigenvalue weighted by molar-refractivity contribution is 0.0822. The lowest BCUT2D eigenvalue weighted by atomic mass is 10.1. The second-order valence-electron chi connectivity index (χ2n) is 4.95. The Bertz CT molecular complexity index is 515. The number of aliphatic hydroxyl groups excluding tert-OH is 1. The minimum Gasteiger partial charge on any atom is -0.391 e. The van der Waals surface area contributed by atoms with Crippen LogP contribution in [0.5, 0.6) is 0 Å². The van der Waals surface area contributed by atoms with E-state index >= 15 is 0 Å². The minimum absolute atomic E-state index is 0.146. The van der Waals surface area contributed by atoms with Gasteiger partial charge in [0, 0.05) is 5.56 Å². The van der Waals surface area contributed by atoms with Gasteiger partial charge in [-0.3, -0.25) is 4.79 Å². The number of rotatable bonds is 2. The van der Waals surface area contributed by atoms with Crippen molar-refractivity contribution in [1.29, 1.82) is 0 Å². The van der Waals surface area contributed by atoms with Gasteiger partial charge in [0.15, 0.2) is 0 Å². The molecule has 1 heterocycles. The summed E-state index contributed by atoms with van der Waals surface area (Å²) in [6, 6.07) is 1.67. The largest absolute Gasteiger partial charge is 0.391 e. The van der Waals surface area contributed by atoms with Gasteiger partial charge >= 0.3 is 0 Å². The molecule has 0 saturated heterocycles. The first-order valence-electron chi connectivity index (χ1n) is 6.97. The second-order valence-corrected chi connectivity index (χ2v) is 5.87. The molecule has 2 rings (SSSR count). The lowest BCUT2D eigenvalue weighted by Gasteiger charge is -2.21. The number of carbonyl (C=O) groups excluding carboxylic acids is 1. The van der Waals surface area contributed by atoms with Crippen LogP contribution in [0.3, 0.4) is 0 Å². The molecule has 4 N–H and O–H groups in total. The molecule has 108 valence electrons. The Hall–Kier alpha value is -1.35. The topological polar surface area (TPSA) is 75.4 Å². The summed E-state index contributed by atoms with van der Waals surface area (Å²) in [7, 11) is 0. The van der Waals surface area contributed by atoms with E-state index in [1.807, 2.05) is 11.4 Å². The summed E-state index contributed by atoms with van der Waals surface area (Å²) in [5, 5.41) is 14.8. The molecule has 20 heavy (non-hydrogen) atoms. The van der Waals surface area contributed by atoms with Crippen molar-refractivity contribution in [1.82, 2.24) is 5.32 Å². The molecule has 1 amide bonds. The van der Waals surface area contributed by atoms with Crippen molar-refractivity contribution in [2.24, 2.45) is 5.73 Å². The normalized spacial score (nSPS) is 22.5. The Morgan fingerprint density at radius 1 is 1.45 bits per heavy atom. The smallest absolute Gasteiger partial charge is 0.262 e. The van der Waals surface area contributed by atoms with Gasteiger partial charge in [-0.05, 0) is 24.3 Å². The second kappa shape index (κ2) is 7.44. The molecule has 1 aliphatic rings. The van der Waals surface area contributed by atoms with Crippen molar-refractivity contribution in [2.45, 2.75) is 44.2 Å². The average Bonchev–Trinajstić information content (AvgIpc) is 2.82.